The molecule has 8 nitrogen and oxygen atoms in total. The fraction of sp³-hybridized carbons (Fsp3) is 0.357. The predicted octanol–water partition coefficient (Wildman–Crippen LogP) is 3.43. The first-order valence-corrected chi connectivity index (χ1v) is 12.7. The summed E-state index contributed by atoms with van der Waals surface area (Å²) in [4.78, 5) is 33.5. The molecule has 0 spiro atoms. The molecule has 4 aromatic rings. The lowest BCUT2D eigenvalue weighted by atomic mass is 9.96. The molecule has 184 valence electrons. The van der Waals surface area contributed by atoms with Crippen molar-refractivity contribution in [2.75, 3.05) is 36.0 Å². The van der Waals surface area contributed by atoms with Crippen LogP contribution in [0.1, 0.15) is 23.6 Å². The summed E-state index contributed by atoms with van der Waals surface area (Å²) in [6, 6.07) is 14.8. The molecule has 0 N–H and O–H groups in total. The fourth-order valence-corrected chi connectivity index (χ4v) is 5.50. The molecule has 1 fully saturated rings. The topological polar surface area (TPSA) is 70.4 Å². The van der Waals surface area contributed by atoms with E-state index in [0.29, 0.717) is 6.54 Å². The smallest absolute Gasteiger partial charge is 0.242 e. The summed E-state index contributed by atoms with van der Waals surface area (Å²) in [5.41, 5.74) is 6.83. The molecule has 3 aromatic heterocycles. The number of piperazine rings is 1. The van der Waals surface area contributed by atoms with Gasteiger partial charge in [-0.15, -0.1) is 0 Å². The van der Waals surface area contributed by atoms with Crippen LogP contribution in [0.15, 0.2) is 61.2 Å². The lowest BCUT2D eigenvalue weighted by Crippen LogP contribution is -2.55. The minimum atomic E-state index is 0.110. The second-order valence-electron chi connectivity index (χ2n) is 9.88. The zero-order valence-electron chi connectivity index (χ0n) is 20.8. The van der Waals surface area contributed by atoms with E-state index in [2.05, 4.69) is 68.9 Å². The molecule has 0 saturated carbocycles. The number of imidazole rings is 1. The first kappa shape index (κ1) is 22.5. The van der Waals surface area contributed by atoms with Gasteiger partial charge in [-0.05, 0) is 61.2 Å². The highest BCUT2D eigenvalue weighted by atomic mass is 16.2. The third-order valence-corrected chi connectivity index (χ3v) is 7.44. The van der Waals surface area contributed by atoms with Crippen LogP contribution >= 0.6 is 0 Å². The molecule has 6 rings (SSSR count). The van der Waals surface area contributed by atoms with E-state index in [1.54, 1.807) is 12.5 Å². The molecule has 1 saturated heterocycles. The molecule has 0 bridgehead atoms. The Morgan fingerprint density at radius 2 is 1.92 bits per heavy atom. The van der Waals surface area contributed by atoms with Crippen LogP contribution in [0.2, 0.25) is 0 Å². The number of carbonyl (C=O) groups is 1. The largest absolute Gasteiger partial charge is 0.367 e. The van der Waals surface area contributed by atoms with E-state index in [-0.39, 0.29) is 18.5 Å². The van der Waals surface area contributed by atoms with E-state index in [9.17, 15) is 4.79 Å². The van der Waals surface area contributed by atoms with Crippen LogP contribution in [0, 0.1) is 6.92 Å². The second kappa shape index (κ2) is 9.26. The van der Waals surface area contributed by atoms with Crippen molar-refractivity contribution in [1.29, 1.82) is 0 Å². The summed E-state index contributed by atoms with van der Waals surface area (Å²) in [7, 11) is 0. The number of aryl methyl sites for hydroxylation is 1. The Morgan fingerprint density at radius 3 is 2.75 bits per heavy atom. The van der Waals surface area contributed by atoms with Crippen LogP contribution in [-0.2, 0) is 24.3 Å². The molecule has 36 heavy (non-hydrogen) atoms. The van der Waals surface area contributed by atoms with E-state index in [4.69, 9.17) is 0 Å². The van der Waals surface area contributed by atoms with E-state index in [0.717, 1.165) is 49.6 Å². The number of hydrogen-bond acceptors (Lipinski definition) is 6. The van der Waals surface area contributed by atoms with Crippen molar-refractivity contribution >= 4 is 28.6 Å². The Morgan fingerprint density at radius 1 is 1.00 bits per heavy atom. The monoisotopic (exact) mass is 481 g/mol. The molecule has 8 heteroatoms. The molecular weight excluding hydrogens is 450 g/mol. The van der Waals surface area contributed by atoms with Crippen molar-refractivity contribution in [2.24, 2.45) is 0 Å². The van der Waals surface area contributed by atoms with Crippen LogP contribution in [-0.4, -0.2) is 62.5 Å². The van der Waals surface area contributed by atoms with Crippen molar-refractivity contribution in [1.82, 2.24) is 24.4 Å². The van der Waals surface area contributed by atoms with Gasteiger partial charge in [-0.1, -0.05) is 18.2 Å². The Labute approximate surface area is 211 Å². The lowest BCUT2D eigenvalue weighted by molar-refractivity contribution is -0.134. The van der Waals surface area contributed by atoms with Crippen LogP contribution in [0.5, 0.6) is 0 Å². The highest BCUT2D eigenvalue weighted by Gasteiger charge is 2.30. The maximum Gasteiger partial charge on any atom is 0.242 e. The molecule has 5 heterocycles. The fourth-order valence-electron chi connectivity index (χ4n) is 5.50. The number of amides is 1. The minimum absolute atomic E-state index is 0.110. The number of anilines is 2. The summed E-state index contributed by atoms with van der Waals surface area (Å²) >= 11 is 0. The number of nitrogens with zero attached hydrogens (tertiary/aromatic N) is 7. The number of pyridine rings is 2. The Kier molecular flexibility index (Phi) is 5.79. The van der Waals surface area contributed by atoms with Gasteiger partial charge in [0.1, 0.15) is 17.9 Å². The molecule has 0 aliphatic carbocycles. The highest BCUT2D eigenvalue weighted by Crippen LogP contribution is 2.32. The summed E-state index contributed by atoms with van der Waals surface area (Å²) in [6.07, 6.45) is 6.40. The molecule has 2 aliphatic rings. The van der Waals surface area contributed by atoms with Gasteiger partial charge in [-0.3, -0.25) is 4.79 Å². The highest BCUT2D eigenvalue weighted by molar-refractivity contribution is 5.79. The van der Waals surface area contributed by atoms with Gasteiger partial charge in [0, 0.05) is 56.8 Å². The molecular formula is C28H31N7O. The average Bonchev–Trinajstić information content (AvgIpc) is 3.31. The number of rotatable bonds is 4. The first-order chi connectivity index (χ1) is 17.6. The van der Waals surface area contributed by atoms with Crippen molar-refractivity contribution < 1.29 is 4.79 Å². The van der Waals surface area contributed by atoms with Crippen LogP contribution in [0.25, 0.3) is 11.2 Å². The number of carbonyl (C=O) groups excluding carboxylic acids is 1. The van der Waals surface area contributed by atoms with Gasteiger partial charge in [0.25, 0.3) is 0 Å². The maximum atomic E-state index is 13.2. The third-order valence-electron chi connectivity index (χ3n) is 7.44. The van der Waals surface area contributed by atoms with Gasteiger partial charge in [-0.25, -0.2) is 15.0 Å². The molecule has 1 atom stereocenters. The van der Waals surface area contributed by atoms with Crippen LogP contribution in [0.3, 0.4) is 0 Å². The van der Waals surface area contributed by atoms with E-state index in [1.807, 2.05) is 27.8 Å². The van der Waals surface area contributed by atoms with Gasteiger partial charge in [-0.2, -0.15) is 0 Å². The zero-order valence-corrected chi connectivity index (χ0v) is 20.8. The van der Waals surface area contributed by atoms with Gasteiger partial charge < -0.3 is 19.3 Å². The number of hydrogen-bond donors (Lipinski definition) is 0. The SMILES string of the molecule is Cc1ccc(N2CCc3cccc(N4CCN(C(=O)Cn5cnc6cccnc65)[C@H](C)C4)c3C2)nc1. The average molecular weight is 482 g/mol. The van der Waals surface area contributed by atoms with E-state index < -0.39 is 0 Å². The van der Waals surface area contributed by atoms with Crippen molar-refractivity contribution in [3.05, 3.63) is 77.9 Å². The number of benzene rings is 1. The van der Waals surface area contributed by atoms with Gasteiger partial charge in [0.15, 0.2) is 5.65 Å². The molecule has 1 amide bonds. The molecule has 0 unspecified atom stereocenters. The van der Waals surface area contributed by atoms with Crippen molar-refractivity contribution in [3.63, 3.8) is 0 Å². The van der Waals surface area contributed by atoms with E-state index in [1.165, 1.54) is 22.4 Å². The summed E-state index contributed by atoms with van der Waals surface area (Å²) in [6.45, 7) is 8.64. The van der Waals surface area contributed by atoms with Crippen molar-refractivity contribution in [2.45, 2.75) is 39.4 Å². The summed E-state index contributed by atoms with van der Waals surface area (Å²) < 4.78 is 1.85. The molecule has 1 aromatic carbocycles. The first-order valence-electron chi connectivity index (χ1n) is 12.7. The Bertz CT molecular complexity index is 1400. The minimum Gasteiger partial charge on any atom is -0.367 e. The van der Waals surface area contributed by atoms with Crippen molar-refractivity contribution in [3.8, 4) is 0 Å². The Balaban J connectivity index is 1.17. The zero-order chi connectivity index (χ0) is 24.6. The normalized spacial score (nSPS) is 17.9. The lowest BCUT2D eigenvalue weighted by Gasteiger charge is -2.43. The van der Waals surface area contributed by atoms with Gasteiger partial charge in [0.05, 0.1) is 6.33 Å². The van der Waals surface area contributed by atoms with Crippen LogP contribution in [0.4, 0.5) is 11.5 Å². The Hall–Kier alpha value is -3.94. The van der Waals surface area contributed by atoms with Crippen LogP contribution < -0.4 is 9.80 Å². The van der Waals surface area contributed by atoms with E-state index >= 15 is 0 Å². The quantitative estimate of drug-likeness (QED) is 0.445. The molecule has 2 aliphatic heterocycles. The standard InChI is InChI=1S/C28H31N7O/c1-20-8-9-26(30-15-20)33-12-10-22-5-3-7-25(23(22)17-33)32-13-14-35(21(2)16-32)27(36)18-34-19-31-24-6-4-11-29-28(24)34/h3-9,11,15,19,21H,10,12-14,16-18H2,1-2H3/t21-/m1/s1. The number of fused-ring (bicyclic) bond motifs is 2. The summed E-state index contributed by atoms with van der Waals surface area (Å²) in [5, 5.41) is 0. The summed E-state index contributed by atoms with van der Waals surface area (Å²) in [5.74, 6) is 1.14. The maximum absolute atomic E-state index is 13.2. The van der Waals surface area contributed by atoms with Gasteiger partial charge in [0.2, 0.25) is 5.91 Å². The third kappa shape index (κ3) is 4.17. The number of aromatic nitrogens is 4. The predicted molar refractivity (Wildman–Crippen MR) is 141 cm³/mol. The molecule has 0 radical (unpaired) electrons. The van der Waals surface area contributed by atoms with Gasteiger partial charge >= 0.3 is 0 Å². The second-order valence-corrected chi connectivity index (χ2v) is 9.88.